The number of amides is 1. The average molecular weight is 478 g/mol. The number of aromatic nitrogens is 3. The molecule has 35 heavy (non-hydrogen) atoms. The van der Waals surface area contributed by atoms with E-state index in [9.17, 15) is 22.8 Å². The molecule has 0 aliphatic rings. The molecule has 0 fully saturated rings. The molecular weight excluding hydrogens is 457 g/mol. The molecule has 9 heteroatoms. The van der Waals surface area contributed by atoms with Gasteiger partial charge in [0.1, 0.15) is 0 Å². The van der Waals surface area contributed by atoms with E-state index in [4.69, 9.17) is 0 Å². The molecule has 178 valence electrons. The Balaban J connectivity index is 1.82. The summed E-state index contributed by atoms with van der Waals surface area (Å²) >= 11 is 0. The van der Waals surface area contributed by atoms with Crippen LogP contribution in [0.3, 0.4) is 0 Å². The lowest BCUT2D eigenvalue weighted by Crippen LogP contribution is -2.37. The largest absolute Gasteiger partial charge is 0.418 e. The normalized spacial score (nSPS) is 12.3. The standard InChI is InChI=1S/C26H21F3N4O2/c1-17-16-22(34)23(31-33(17)21-14-7-6-12-19(21)26(27,28)29)25(35)32(2)24(18-10-4-3-5-11-18)20-13-8-9-15-30-20/h3-16,24H,1-2H3. The fraction of sp³-hybridized carbons (Fsp3) is 0.154. The number of carbonyl (C=O) groups excluding carboxylic acids is 1. The first-order valence-corrected chi connectivity index (χ1v) is 10.7. The van der Waals surface area contributed by atoms with Gasteiger partial charge in [0.2, 0.25) is 5.43 Å². The zero-order valence-electron chi connectivity index (χ0n) is 18.9. The maximum Gasteiger partial charge on any atom is 0.418 e. The highest BCUT2D eigenvalue weighted by Gasteiger charge is 2.35. The van der Waals surface area contributed by atoms with Crippen LogP contribution < -0.4 is 5.43 Å². The molecule has 2 heterocycles. The Bertz CT molecular complexity index is 1360. The third-order valence-corrected chi connectivity index (χ3v) is 5.54. The van der Waals surface area contributed by atoms with Crippen LogP contribution in [0.5, 0.6) is 0 Å². The Kier molecular flexibility index (Phi) is 6.50. The Labute approximate surface area is 199 Å². The van der Waals surface area contributed by atoms with Crippen molar-refractivity contribution in [3.05, 3.63) is 123 Å². The Morgan fingerprint density at radius 1 is 0.971 bits per heavy atom. The summed E-state index contributed by atoms with van der Waals surface area (Å²) in [5.74, 6) is -0.743. The number of benzene rings is 2. The van der Waals surface area contributed by atoms with Crippen LogP contribution in [0.15, 0.2) is 89.9 Å². The first kappa shape index (κ1) is 23.9. The van der Waals surface area contributed by atoms with Gasteiger partial charge in [-0.2, -0.15) is 18.3 Å². The van der Waals surface area contributed by atoms with Crippen molar-refractivity contribution < 1.29 is 18.0 Å². The highest BCUT2D eigenvalue weighted by atomic mass is 19.4. The van der Waals surface area contributed by atoms with Crippen molar-refractivity contribution >= 4 is 5.91 Å². The Hall–Kier alpha value is -4.27. The van der Waals surface area contributed by atoms with E-state index in [1.54, 1.807) is 24.4 Å². The quantitative estimate of drug-likeness (QED) is 0.413. The number of alkyl halides is 3. The molecule has 1 unspecified atom stereocenters. The number of pyridine rings is 1. The zero-order chi connectivity index (χ0) is 25.2. The van der Waals surface area contributed by atoms with Crippen LogP contribution in [0.4, 0.5) is 13.2 Å². The van der Waals surface area contributed by atoms with Gasteiger partial charge in [-0.05, 0) is 36.8 Å². The summed E-state index contributed by atoms with van der Waals surface area (Å²) < 4.78 is 41.9. The molecule has 0 saturated carbocycles. The smallest absolute Gasteiger partial charge is 0.327 e. The number of halogens is 3. The minimum Gasteiger partial charge on any atom is -0.327 e. The van der Waals surface area contributed by atoms with E-state index in [2.05, 4.69) is 10.1 Å². The molecule has 0 N–H and O–H groups in total. The predicted octanol–water partition coefficient (Wildman–Crippen LogP) is 4.82. The fourth-order valence-electron chi connectivity index (χ4n) is 3.89. The fourth-order valence-corrected chi connectivity index (χ4v) is 3.89. The molecule has 0 aliphatic heterocycles. The molecule has 1 atom stereocenters. The molecule has 1 amide bonds. The van der Waals surface area contributed by atoms with E-state index in [0.717, 1.165) is 22.4 Å². The van der Waals surface area contributed by atoms with Gasteiger partial charge in [0.05, 0.1) is 23.0 Å². The van der Waals surface area contributed by atoms with Crippen molar-refractivity contribution in [3.8, 4) is 5.69 Å². The molecule has 2 aromatic heterocycles. The van der Waals surface area contributed by atoms with Gasteiger partial charge in [0.25, 0.3) is 5.91 Å². The topological polar surface area (TPSA) is 68.1 Å². The van der Waals surface area contributed by atoms with Crippen LogP contribution in [0.2, 0.25) is 0 Å². The van der Waals surface area contributed by atoms with E-state index in [0.29, 0.717) is 5.69 Å². The summed E-state index contributed by atoms with van der Waals surface area (Å²) in [6.45, 7) is 1.46. The van der Waals surface area contributed by atoms with Crippen molar-refractivity contribution in [1.82, 2.24) is 19.7 Å². The lowest BCUT2D eigenvalue weighted by atomic mass is 10.0. The van der Waals surface area contributed by atoms with Crippen molar-refractivity contribution in [1.29, 1.82) is 0 Å². The molecule has 0 aliphatic carbocycles. The minimum atomic E-state index is -4.65. The SMILES string of the molecule is Cc1cc(=O)c(C(=O)N(C)C(c2ccccc2)c2ccccn2)nn1-c1ccccc1C(F)(F)F. The highest BCUT2D eigenvalue weighted by Crippen LogP contribution is 2.34. The lowest BCUT2D eigenvalue weighted by molar-refractivity contribution is -0.137. The molecule has 0 radical (unpaired) electrons. The maximum atomic E-state index is 13.6. The number of carbonyl (C=O) groups is 1. The molecule has 4 rings (SSSR count). The van der Waals surface area contributed by atoms with E-state index < -0.39 is 34.8 Å². The summed E-state index contributed by atoms with van der Waals surface area (Å²) in [5, 5.41) is 4.10. The predicted molar refractivity (Wildman–Crippen MR) is 124 cm³/mol. The van der Waals surface area contributed by atoms with Gasteiger partial charge in [0.15, 0.2) is 5.69 Å². The molecule has 0 spiro atoms. The molecule has 4 aromatic rings. The van der Waals surface area contributed by atoms with Crippen LogP contribution in [-0.2, 0) is 6.18 Å². The number of aryl methyl sites for hydroxylation is 1. The number of rotatable bonds is 5. The third-order valence-electron chi connectivity index (χ3n) is 5.54. The second-order valence-corrected chi connectivity index (χ2v) is 7.91. The molecule has 0 saturated heterocycles. The molecular formula is C26H21F3N4O2. The summed E-state index contributed by atoms with van der Waals surface area (Å²) in [6, 6.07) is 19.7. The van der Waals surface area contributed by atoms with E-state index >= 15 is 0 Å². The second kappa shape index (κ2) is 9.54. The van der Waals surface area contributed by atoms with E-state index in [1.165, 1.54) is 37.1 Å². The van der Waals surface area contributed by atoms with Crippen LogP contribution in [0.25, 0.3) is 5.69 Å². The van der Waals surface area contributed by atoms with E-state index in [-0.39, 0.29) is 11.4 Å². The van der Waals surface area contributed by atoms with Crippen molar-refractivity contribution in [2.24, 2.45) is 0 Å². The van der Waals surface area contributed by atoms with Crippen LogP contribution in [0, 0.1) is 6.92 Å². The summed E-state index contributed by atoms with van der Waals surface area (Å²) in [7, 11) is 1.50. The number of nitrogens with zero attached hydrogens (tertiary/aromatic N) is 4. The van der Waals surface area contributed by atoms with Gasteiger partial charge >= 0.3 is 6.18 Å². The summed E-state index contributed by atoms with van der Waals surface area (Å²) in [5.41, 5.74) is -0.920. The van der Waals surface area contributed by atoms with Crippen LogP contribution in [-0.4, -0.2) is 32.6 Å². The highest BCUT2D eigenvalue weighted by molar-refractivity contribution is 5.92. The first-order chi connectivity index (χ1) is 16.7. The second-order valence-electron chi connectivity index (χ2n) is 7.91. The maximum absolute atomic E-state index is 13.6. The lowest BCUT2D eigenvalue weighted by Gasteiger charge is -2.28. The zero-order valence-corrected chi connectivity index (χ0v) is 18.9. The van der Waals surface area contributed by atoms with Crippen molar-refractivity contribution in [2.75, 3.05) is 7.05 Å². The number of para-hydroxylation sites is 1. The monoisotopic (exact) mass is 478 g/mol. The molecule has 2 aromatic carbocycles. The van der Waals surface area contributed by atoms with E-state index in [1.807, 2.05) is 30.3 Å². The summed E-state index contributed by atoms with van der Waals surface area (Å²) in [6.07, 6.45) is -3.05. The third kappa shape index (κ3) is 4.84. The molecule has 0 bridgehead atoms. The van der Waals surface area contributed by atoms with Gasteiger partial charge in [-0.15, -0.1) is 0 Å². The van der Waals surface area contributed by atoms with Gasteiger partial charge in [0, 0.05) is 25.0 Å². The minimum absolute atomic E-state index is 0.162. The Morgan fingerprint density at radius 3 is 2.29 bits per heavy atom. The molecule has 6 nitrogen and oxygen atoms in total. The first-order valence-electron chi connectivity index (χ1n) is 10.7. The van der Waals surface area contributed by atoms with Crippen molar-refractivity contribution in [2.45, 2.75) is 19.1 Å². The van der Waals surface area contributed by atoms with Gasteiger partial charge in [-0.3, -0.25) is 14.6 Å². The average Bonchev–Trinajstić information content (AvgIpc) is 2.85. The number of hydrogen-bond donors (Lipinski definition) is 0. The van der Waals surface area contributed by atoms with Crippen LogP contribution >= 0.6 is 0 Å². The Morgan fingerprint density at radius 2 is 1.63 bits per heavy atom. The summed E-state index contributed by atoms with van der Waals surface area (Å²) in [4.78, 5) is 32.0. The van der Waals surface area contributed by atoms with Gasteiger partial charge < -0.3 is 4.90 Å². The van der Waals surface area contributed by atoms with Crippen LogP contribution in [0.1, 0.15) is 39.0 Å². The van der Waals surface area contributed by atoms with Gasteiger partial charge in [-0.1, -0.05) is 48.5 Å². The van der Waals surface area contributed by atoms with Gasteiger partial charge in [-0.25, -0.2) is 4.68 Å². The van der Waals surface area contributed by atoms with Crippen molar-refractivity contribution in [3.63, 3.8) is 0 Å². The number of hydrogen-bond acceptors (Lipinski definition) is 4.